The number of rotatable bonds is 6. The van der Waals surface area contributed by atoms with E-state index in [0.717, 1.165) is 11.1 Å². The number of aliphatic carboxylic acids is 1. The van der Waals surface area contributed by atoms with Crippen LogP contribution in [-0.4, -0.2) is 36.2 Å². The molecule has 1 atom stereocenters. The normalized spacial score (nSPS) is 18.2. The van der Waals surface area contributed by atoms with Gasteiger partial charge < -0.3 is 15.2 Å². The minimum Gasteiger partial charge on any atom is -0.480 e. The largest absolute Gasteiger partial charge is 0.480 e. The van der Waals surface area contributed by atoms with E-state index in [0.29, 0.717) is 32.5 Å². The van der Waals surface area contributed by atoms with Crippen molar-refractivity contribution < 1.29 is 19.4 Å². The van der Waals surface area contributed by atoms with Crippen LogP contribution in [0.1, 0.15) is 44.2 Å². The van der Waals surface area contributed by atoms with E-state index < -0.39 is 17.4 Å². The molecule has 5 heteroatoms. The van der Waals surface area contributed by atoms with Crippen molar-refractivity contribution >= 4 is 11.9 Å². The van der Waals surface area contributed by atoms with Gasteiger partial charge in [0, 0.05) is 13.2 Å². The Labute approximate surface area is 143 Å². The zero-order chi connectivity index (χ0) is 17.7. The smallest absolute Gasteiger partial charge is 0.326 e. The summed E-state index contributed by atoms with van der Waals surface area (Å²) in [7, 11) is 0. The molecule has 0 aliphatic carbocycles. The van der Waals surface area contributed by atoms with Crippen LogP contribution in [0.5, 0.6) is 0 Å². The molecule has 5 nitrogen and oxygen atoms in total. The van der Waals surface area contributed by atoms with Gasteiger partial charge in [-0.05, 0) is 37.7 Å². The Morgan fingerprint density at radius 1 is 1.21 bits per heavy atom. The molecule has 1 saturated heterocycles. The van der Waals surface area contributed by atoms with Crippen molar-refractivity contribution in [2.24, 2.45) is 5.92 Å². The van der Waals surface area contributed by atoms with Crippen LogP contribution in [0.3, 0.4) is 0 Å². The van der Waals surface area contributed by atoms with Gasteiger partial charge in [-0.15, -0.1) is 0 Å². The predicted octanol–water partition coefficient (Wildman–Crippen LogP) is 2.66. The lowest BCUT2D eigenvalue weighted by atomic mass is 9.73. The first-order valence-corrected chi connectivity index (χ1v) is 8.54. The van der Waals surface area contributed by atoms with E-state index in [1.165, 1.54) is 0 Å². The van der Waals surface area contributed by atoms with Crippen molar-refractivity contribution in [1.29, 1.82) is 0 Å². The molecule has 0 saturated carbocycles. The minimum absolute atomic E-state index is 0.191. The fraction of sp³-hybridized carbons (Fsp3) is 0.579. The molecule has 2 N–H and O–H groups in total. The average molecular weight is 333 g/mol. The summed E-state index contributed by atoms with van der Waals surface area (Å²) in [5, 5.41) is 12.2. The van der Waals surface area contributed by atoms with Crippen molar-refractivity contribution in [3.63, 3.8) is 0 Å². The zero-order valence-electron chi connectivity index (χ0n) is 14.7. The van der Waals surface area contributed by atoms with Gasteiger partial charge in [0.2, 0.25) is 5.91 Å². The van der Waals surface area contributed by atoms with Crippen molar-refractivity contribution in [3.05, 3.63) is 35.4 Å². The molecule has 1 fully saturated rings. The molecule has 1 aliphatic rings. The second kappa shape index (κ2) is 7.79. The highest BCUT2D eigenvalue weighted by Gasteiger charge is 2.43. The van der Waals surface area contributed by atoms with Gasteiger partial charge in [0.15, 0.2) is 0 Å². The molecular weight excluding hydrogens is 306 g/mol. The molecule has 0 radical (unpaired) electrons. The monoisotopic (exact) mass is 333 g/mol. The number of nitrogens with one attached hydrogen (secondary N) is 1. The van der Waals surface area contributed by atoms with Crippen molar-refractivity contribution in [3.8, 4) is 0 Å². The van der Waals surface area contributed by atoms with Gasteiger partial charge in [0.05, 0.1) is 5.41 Å². The van der Waals surface area contributed by atoms with E-state index in [-0.39, 0.29) is 11.8 Å². The van der Waals surface area contributed by atoms with Gasteiger partial charge in [-0.25, -0.2) is 4.79 Å². The van der Waals surface area contributed by atoms with Crippen LogP contribution in [0.2, 0.25) is 0 Å². The summed E-state index contributed by atoms with van der Waals surface area (Å²) >= 11 is 0. The van der Waals surface area contributed by atoms with Gasteiger partial charge in [-0.3, -0.25) is 4.79 Å². The number of carboxylic acid groups (broad SMARTS) is 1. The lowest BCUT2D eigenvalue weighted by Gasteiger charge is -2.37. The summed E-state index contributed by atoms with van der Waals surface area (Å²) in [6, 6.07) is 7.06. The lowest BCUT2D eigenvalue weighted by molar-refractivity contribution is -0.144. The Morgan fingerprint density at radius 2 is 1.79 bits per heavy atom. The number of carboxylic acids is 1. The van der Waals surface area contributed by atoms with Crippen molar-refractivity contribution in [1.82, 2.24) is 5.32 Å². The molecule has 0 spiro atoms. The summed E-state index contributed by atoms with van der Waals surface area (Å²) in [5.41, 5.74) is 1.35. The van der Waals surface area contributed by atoms with E-state index in [1.807, 2.05) is 45.0 Å². The first kappa shape index (κ1) is 18.5. The third-order valence-electron chi connectivity index (χ3n) is 4.70. The standard InChI is InChI=1S/C19H27NO4/c1-13(2)12-16(17(21)22)20-18(23)19(8-10-24-11-9-19)15-6-4-14(3)5-7-15/h4-7,13,16H,8-12H2,1-3H3,(H,20,23)(H,21,22)/t16-/m1/s1. The molecule has 0 unspecified atom stereocenters. The molecular formula is C19H27NO4. The highest BCUT2D eigenvalue weighted by atomic mass is 16.5. The van der Waals surface area contributed by atoms with Gasteiger partial charge in [0.1, 0.15) is 6.04 Å². The fourth-order valence-corrected chi connectivity index (χ4v) is 3.23. The average Bonchev–Trinajstić information content (AvgIpc) is 2.55. The number of ether oxygens (including phenoxy) is 1. The second-order valence-corrected chi connectivity index (χ2v) is 7.05. The molecule has 1 aliphatic heterocycles. The van der Waals surface area contributed by atoms with Gasteiger partial charge in [0.25, 0.3) is 0 Å². The summed E-state index contributed by atoms with van der Waals surface area (Å²) in [6.07, 6.45) is 1.55. The number of carbonyl (C=O) groups is 2. The minimum atomic E-state index is -0.983. The number of hydrogen-bond donors (Lipinski definition) is 2. The molecule has 1 heterocycles. The Kier molecular flexibility index (Phi) is 5.99. The third kappa shape index (κ3) is 4.15. The lowest BCUT2D eigenvalue weighted by Crippen LogP contribution is -2.53. The molecule has 132 valence electrons. The van der Waals surface area contributed by atoms with Gasteiger partial charge >= 0.3 is 5.97 Å². The number of benzene rings is 1. The maximum Gasteiger partial charge on any atom is 0.326 e. The van der Waals surface area contributed by atoms with Crippen LogP contribution in [0.25, 0.3) is 0 Å². The van der Waals surface area contributed by atoms with Crippen LogP contribution in [0.15, 0.2) is 24.3 Å². The SMILES string of the molecule is Cc1ccc(C2(C(=O)N[C@H](CC(C)C)C(=O)O)CCOCC2)cc1. The molecule has 2 rings (SSSR count). The summed E-state index contributed by atoms with van der Waals surface area (Å²) in [4.78, 5) is 24.6. The maximum atomic E-state index is 13.1. The highest BCUT2D eigenvalue weighted by molar-refractivity contribution is 5.91. The van der Waals surface area contributed by atoms with Crippen LogP contribution >= 0.6 is 0 Å². The zero-order valence-corrected chi connectivity index (χ0v) is 14.7. The Morgan fingerprint density at radius 3 is 2.29 bits per heavy atom. The number of aryl methyl sites for hydroxylation is 1. The molecule has 0 bridgehead atoms. The summed E-state index contributed by atoms with van der Waals surface area (Å²) in [6.45, 7) is 6.91. The van der Waals surface area contributed by atoms with Crippen LogP contribution in [0, 0.1) is 12.8 Å². The van der Waals surface area contributed by atoms with Gasteiger partial charge in [-0.2, -0.15) is 0 Å². The van der Waals surface area contributed by atoms with Gasteiger partial charge in [-0.1, -0.05) is 43.7 Å². The summed E-state index contributed by atoms with van der Waals surface area (Å²) in [5.74, 6) is -0.998. The first-order valence-electron chi connectivity index (χ1n) is 8.54. The third-order valence-corrected chi connectivity index (χ3v) is 4.70. The quantitative estimate of drug-likeness (QED) is 0.839. The topological polar surface area (TPSA) is 75.6 Å². The van der Waals surface area contributed by atoms with E-state index in [2.05, 4.69) is 5.32 Å². The fourth-order valence-electron chi connectivity index (χ4n) is 3.23. The van der Waals surface area contributed by atoms with E-state index >= 15 is 0 Å². The first-order chi connectivity index (χ1) is 11.3. The van der Waals surface area contributed by atoms with Crippen LogP contribution in [0.4, 0.5) is 0 Å². The molecule has 1 amide bonds. The Hall–Kier alpha value is -1.88. The van der Waals surface area contributed by atoms with Crippen molar-refractivity contribution in [2.75, 3.05) is 13.2 Å². The molecule has 24 heavy (non-hydrogen) atoms. The van der Waals surface area contributed by atoms with E-state index in [4.69, 9.17) is 4.74 Å². The second-order valence-electron chi connectivity index (χ2n) is 7.05. The van der Waals surface area contributed by atoms with E-state index in [9.17, 15) is 14.7 Å². The summed E-state index contributed by atoms with van der Waals surface area (Å²) < 4.78 is 5.44. The van der Waals surface area contributed by atoms with Crippen LogP contribution in [-0.2, 0) is 19.7 Å². The highest BCUT2D eigenvalue weighted by Crippen LogP contribution is 2.35. The molecule has 1 aromatic carbocycles. The number of amides is 1. The van der Waals surface area contributed by atoms with Crippen molar-refractivity contribution in [2.45, 2.75) is 51.5 Å². The Balaban J connectivity index is 2.28. The van der Waals surface area contributed by atoms with Crippen LogP contribution < -0.4 is 5.32 Å². The predicted molar refractivity (Wildman–Crippen MR) is 91.9 cm³/mol. The maximum absolute atomic E-state index is 13.1. The number of hydrogen-bond acceptors (Lipinski definition) is 3. The molecule has 0 aromatic heterocycles. The Bertz CT molecular complexity index is 574. The van der Waals surface area contributed by atoms with E-state index in [1.54, 1.807) is 0 Å². The molecule has 1 aromatic rings. The number of carbonyl (C=O) groups excluding carboxylic acids is 1.